The lowest BCUT2D eigenvalue weighted by molar-refractivity contribution is -0.136. The molecule has 9 heteroatoms. The Hall–Kier alpha value is -2.74. The van der Waals surface area contributed by atoms with Crippen LogP contribution in [-0.4, -0.2) is 22.5 Å². The second kappa shape index (κ2) is 6.53. The second-order valence-corrected chi connectivity index (χ2v) is 5.76. The number of esters is 1. The van der Waals surface area contributed by atoms with E-state index in [1.54, 1.807) is 13.0 Å². The lowest BCUT2D eigenvalue weighted by Gasteiger charge is -2.15. The number of hydrogen-bond acceptors (Lipinski definition) is 3. The topological polar surface area (TPSA) is 75.0 Å². The fraction of sp³-hybridized carbons (Fsp3) is 0.176. The van der Waals surface area contributed by atoms with Crippen LogP contribution in [0.5, 0.6) is 0 Å². The summed E-state index contributed by atoms with van der Waals surface area (Å²) >= 11 is 5.73. The molecule has 1 aromatic carbocycles. The van der Waals surface area contributed by atoms with E-state index in [-0.39, 0.29) is 28.9 Å². The van der Waals surface area contributed by atoms with Crippen molar-refractivity contribution >= 4 is 28.5 Å². The number of ether oxygens (including phenoxy) is 1. The normalized spacial score (nSPS) is 11.7. The molecule has 0 radical (unpaired) electrons. The summed E-state index contributed by atoms with van der Waals surface area (Å²) in [6, 6.07) is 5.21. The minimum Gasteiger partial charge on any atom is -0.462 e. The zero-order valence-corrected chi connectivity index (χ0v) is 14.1. The number of alkyl halides is 3. The molecular weight excluding hydrogens is 373 g/mol. The van der Waals surface area contributed by atoms with Gasteiger partial charge in [-0.05, 0) is 31.2 Å². The Morgan fingerprint density at radius 1 is 1.27 bits per heavy atom. The van der Waals surface area contributed by atoms with Crippen LogP contribution in [0.1, 0.15) is 22.8 Å². The van der Waals surface area contributed by atoms with Crippen LogP contribution in [0.25, 0.3) is 22.3 Å². The molecule has 0 bridgehead atoms. The summed E-state index contributed by atoms with van der Waals surface area (Å²) in [5.41, 5.74) is -2.75. The van der Waals surface area contributed by atoms with Crippen LogP contribution in [0.2, 0.25) is 5.02 Å². The third-order valence-electron chi connectivity index (χ3n) is 3.76. The Balaban J connectivity index is 2.47. The molecule has 0 unspecified atom stereocenters. The molecule has 5 nitrogen and oxygen atoms in total. The molecule has 0 aliphatic rings. The number of fused-ring (bicyclic) bond motifs is 1. The van der Waals surface area contributed by atoms with Crippen LogP contribution in [-0.2, 0) is 10.9 Å². The molecule has 2 heterocycles. The van der Waals surface area contributed by atoms with Crippen molar-refractivity contribution in [3.63, 3.8) is 0 Å². The zero-order valence-electron chi connectivity index (χ0n) is 13.3. The average Bonchev–Trinajstić information content (AvgIpc) is 3.07. The highest BCUT2D eigenvalue weighted by molar-refractivity contribution is 6.32. The molecule has 0 amide bonds. The summed E-state index contributed by atoms with van der Waals surface area (Å²) in [4.78, 5) is 30.4. The van der Waals surface area contributed by atoms with Gasteiger partial charge in [0, 0.05) is 11.6 Å². The number of rotatable bonds is 3. The van der Waals surface area contributed by atoms with Crippen molar-refractivity contribution < 1.29 is 22.7 Å². The van der Waals surface area contributed by atoms with Crippen molar-refractivity contribution in [3.8, 4) is 11.4 Å². The summed E-state index contributed by atoms with van der Waals surface area (Å²) < 4.78 is 45.3. The number of benzene rings is 1. The first-order valence-electron chi connectivity index (χ1n) is 7.52. The fourth-order valence-corrected chi connectivity index (χ4v) is 2.96. The first kappa shape index (κ1) is 18.1. The van der Waals surface area contributed by atoms with Gasteiger partial charge >= 0.3 is 12.1 Å². The van der Waals surface area contributed by atoms with Crippen molar-refractivity contribution in [2.75, 3.05) is 6.61 Å². The average molecular weight is 385 g/mol. The highest BCUT2D eigenvalue weighted by Crippen LogP contribution is 2.39. The Bertz CT molecular complexity index is 1040. The van der Waals surface area contributed by atoms with Gasteiger partial charge in [0.15, 0.2) is 0 Å². The van der Waals surface area contributed by atoms with E-state index in [0.29, 0.717) is 0 Å². The van der Waals surface area contributed by atoms with E-state index in [2.05, 4.69) is 9.97 Å². The Kier molecular flexibility index (Phi) is 4.53. The quantitative estimate of drug-likeness (QED) is 0.658. The smallest absolute Gasteiger partial charge is 0.419 e. The number of pyridine rings is 1. The summed E-state index contributed by atoms with van der Waals surface area (Å²) in [5.74, 6) is -0.927. The van der Waals surface area contributed by atoms with Gasteiger partial charge < -0.3 is 14.7 Å². The Morgan fingerprint density at radius 2 is 2.00 bits per heavy atom. The predicted octanol–water partition coefficient (Wildman–Crippen LogP) is 4.37. The van der Waals surface area contributed by atoms with E-state index in [0.717, 1.165) is 12.1 Å². The third-order valence-corrected chi connectivity index (χ3v) is 4.07. The molecule has 0 fully saturated rings. The monoisotopic (exact) mass is 384 g/mol. The lowest BCUT2D eigenvalue weighted by atomic mass is 10.0. The van der Waals surface area contributed by atoms with Crippen molar-refractivity contribution in [3.05, 3.63) is 56.8 Å². The van der Waals surface area contributed by atoms with Gasteiger partial charge in [-0.1, -0.05) is 11.6 Å². The van der Waals surface area contributed by atoms with Crippen LogP contribution in [0.4, 0.5) is 13.2 Å². The number of aromatic amines is 2. The maximum Gasteiger partial charge on any atom is 0.419 e. The van der Waals surface area contributed by atoms with Crippen molar-refractivity contribution in [2.45, 2.75) is 13.1 Å². The largest absolute Gasteiger partial charge is 0.462 e. The van der Waals surface area contributed by atoms with Crippen LogP contribution in [0.15, 0.2) is 35.3 Å². The van der Waals surface area contributed by atoms with Gasteiger partial charge in [-0.3, -0.25) is 4.79 Å². The molecule has 2 aromatic heterocycles. The molecule has 0 saturated heterocycles. The molecule has 2 N–H and O–H groups in total. The maximum absolute atomic E-state index is 13.5. The molecule has 3 rings (SSSR count). The van der Waals surface area contributed by atoms with Crippen LogP contribution >= 0.6 is 11.6 Å². The number of hydrogen-bond donors (Lipinski definition) is 2. The van der Waals surface area contributed by atoms with Crippen molar-refractivity contribution in [1.29, 1.82) is 0 Å². The third kappa shape index (κ3) is 2.96. The summed E-state index contributed by atoms with van der Waals surface area (Å²) in [7, 11) is 0. The molecule has 3 aromatic rings. The minimum absolute atomic E-state index is 0.00883. The van der Waals surface area contributed by atoms with Gasteiger partial charge in [-0.25, -0.2) is 4.79 Å². The predicted molar refractivity (Wildman–Crippen MR) is 90.3 cm³/mol. The van der Waals surface area contributed by atoms with E-state index >= 15 is 0 Å². The van der Waals surface area contributed by atoms with E-state index in [1.165, 1.54) is 12.3 Å². The summed E-state index contributed by atoms with van der Waals surface area (Å²) in [6.45, 7) is 1.57. The SMILES string of the molecule is CCOC(=O)c1c(-c2ccc[nH]2)[nH]c2c(C(F)(F)F)c(Cl)ccc2c1=O. The number of aromatic nitrogens is 2. The highest BCUT2D eigenvalue weighted by Gasteiger charge is 2.37. The second-order valence-electron chi connectivity index (χ2n) is 5.35. The van der Waals surface area contributed by atoms with E-state index in [1.807, 2.05) is 0 Å². The molecule has 0 saturated carbocycles. The number of halogens is 4. The molecule has 136 valence electrons. The number of carbonyl (C=O) groups excluding carboxylic acids is 1. The molecule has 0 aliphatic carbocycles. The van der Waals surface area contributed by atoms with E-state index < -0.39 is 33.7 Å². The lowest BCUT2D eigenvalue weighted by Crippen LogP contribution is -2.22. The standard InChI is InChI=1S/C17H12ClF3N2O3/c1-2-26-16(25)11-14(10-4-3-7-22-10)23-13-8(15(11)24)5-6-9(18)12(13)17(19,20)21/h3-7,22H,2H2,1H3,(H,23,24). The van der Waals surface area contributed by atoms with Crippen LogP contribution in [0, 0.1) is 0 Å². The van der Waals surface area contributed by atoms with Gasteiger partial charge in [0.1, 0.15) is 5.56 Å². The summed E-state index contributed by atoms with van der Waals surface area (Å²) in [6.07, 6.45) is -3.28. The highest BCUT2D eigenvalue weighted by atomic mass is 35.5. The molecule has 0 aliphatic heterocycles. The van der Waals surface area contributed by atoms with E-state index in [4.69, 9.17) is 16.3 Å². The Labute approximate surface area is 149 Å². The van der Waals surface area contributed by atoms with Crippen LogP contribution < -0.4 is 5.43 Å². The zero-order chi connectivity index (χ0) is 19.1. The number of nitrogens with one attached hydrogen (secondary N) is 2. The first-order valence-corrected chi connectivity index (χ1v) is 7.90. The molecular formula is C17H12ClF3N2O3. The molecule has 26 heavy (non-hydrogen) atoms. The number of carbonyl (C=O) groups is 1. The Morgan fingerprint density at radius 3 is 2.58 bits per heavy atom. The van der Waals surface area contributed by atoms with Crippen molar-refractivity contribution in [2.24, 2.45) is 0 Å². The maximum atomic E-state index is 13.5. The van der Waals surface area contributed by atoms with Crippen LogP contribution in [0.3, 0.4) is 0 Å². The fourth-order valence-electron chi connectivity index (χ4n) is 2.70. The number of H-pyrrole nitrogens is 2. The first-order chi connectivity index (χ1) is 12.3. The van der Waals surface area contributed by atoms with Gasteiger partial charge in [-0.2, -0.15) is 13.2 Å². The minimum atomic E-state index is -4.79. The van der Waals surface area contributed by atoms with Crippen molar-refractivity contribution in [1.82, 2.24) is 9.97 Å². The molecule has 0 spiro atoms. The van der Waals surface area contributed by atoms with Gasteiger partial charge in [0.2, 0.25) is 5.43 Å². The van der Waals surface area contributed by atoms with E-state index in [9.17, 15) is 22.8 Å². The summed E-state index contributed by atoms with van der Waals surface area (Å²) in [5, 5.41) is -0.859. The van der Waals surface area contributed by atoms with Gasteiger partial charge in [0.25, 0.3) is 0 Å². The van der Waals surface area contributed by atoms with Gasteiger partial charge in [0.05, 0.1) is 34.1 Å². The van der Waals surface area contributed by atoms with Gasteiger partial charge in [-0.15, -0.1) is 0 Å². The molecule has 0 atom stereocenters.